The number of carbonyl (C=O) groups is 1. The molecule has 1 aromatic rings. The normalized spacial score (nSPS) is 12.1. The van der Waals surface area contributed by atoms with Gasteiger partial charge in [0, 0.05) is 16.7 Å². The number of thiazole rings is 1. The van der Waals surface area contributed by atoms with Crippen molar-refractivity contribution < 1.29 is 9.90 Å². The summed E-state index contributed by atoms with van der Waals surface area (Å²) in [7, 11) is 0. The molecule has 0 amide bonds. The fourth-order valence-electron chi connectivity index (χ4n) is 1.81. The van der Waals surface area contributed by atoms with E-state index in [9.17, 15) is 4.79 Å². The van der Waals surface area contributed by atoms with E-state index in [-0.39, 0.29) is 11.8 Å². The Morgan fingerprint density at radius 3 is 2.44 bits per heavy atom. The second kappa shape index (κ2) is 5.83. The number of hydrogen-bond acceptors (Lipinski definition) is 3. The van der Waals surface area contributed by atoms with Gasteiger partial charge in [0.15, 0.2) is 0 Å². The van der Waals surface area contributed by atoms with Gasteiger partial charge in [0.1, 0.15) is 0 Å². The summed E-state index contributed by atoms with van der Waals surface area (Å²) in [5.41, 5.74) is 1.06. The smallest absolute Gasteiger partial charge is 0.303 e. The van der Waals surface area contributed by atoms with Crippen LogP contribution in [0.25, 0.3) is 0 Å². The number of carboxylic acid groups (broad SMARTS) is 1. The molecule has 0 aliphatic carbocycles. The number of rotatable bonds is 5. The maximum Gasteiger partial charge on any atom is 0.303 e. The Labute approximate surface area is 113 Å². The van der Waals surface area contributed by atoms with Gasteiger partial charge >= 0.3 is 5.97 Å². The van der Waals surface area contributed by atoms with E-state index in [2.05, 4.69) is 34.6 Å². The topological polar surface area (TPSA) is 50.2 Å². The van der Waals surface area contributed by atoms with Gasteiger partial charge in [-0.25, -0.2) is 4.98 Å². The van der Waals surface area contributed by atoms with Crippen LogP contribution < -0.4 is 0 Å². The van der Waals surface area contributed by atoms with Crippen LogP contribution in [0, 0.1) is 5.92 Å². The summed E-state index contributed by atoms with van der Waals surface area (Å²) in [6, 6.07) is 0. The molecule has 3 nitrogen and oxygen atoms in total. The third-order valence-electron chi connectivity index (χ3n) is 2.60. The number of hydrogen-bond donors (Lipinski definition) is 1. The maximum absolute atomic E-state index is 10.7. The lowest BCUT2D eigenvalue weighted by molar-refractivity contribution is -0.136. The van der Waals surface area contributed by atoms with Crippen molar-refractivity contribution in [2.75, 3.05) is 0 Å². The predicted octanol–water partition coefficient (Wildman–Crippen LogP) is 3.66. The number of nitrogens with zero attached hydrogens (tertiary/aromatic N) is 1. The van der Waals surface area contributed by atoms with Gasteiger partial charge in [-0.05, 0) is 12.3 Å². The molecule has 1 aromatic heterocycles. The standard InChI is InChI=1S/C14H23NO2S/c1-9(2)8-11-15-13(14(3,4)5)10(18-11)6-7-12(16)17/h9H,6-8H2,1-5H3,(H,16,17). The first-order valence-electron chi connectivity index (χ1n) is 6.41. The van der Waals surface area contributed by atoms with Gasteiger partial charge in [0.25, 0.3) is 0 Å². The molecule has 4 heteroatoms. The van der Waals surface area contributed by atoms with Crippen molar-refractivity contribution in [1.29, 1.82) is 0 Å². The van der Waals surface area contributed by atoms with Gasteiger partial charge in [-0.2, -0.15) is 0 Å². The van der Waals surface area contributed by atoms with E-state index in [0.717, 1.165) is 22.0 Å². The first-order valence-corrected chi connectivity index (χ1v) is 7.22. The summed E-state index contributed by atoms with van der Waals surface area (Å²) in [5, 5.41) is 9.94. The van der Waals surface area contributed by atoms with Crippen LogP contribution in [0.4, 0.5) is 0 Å². The fourth-order valence-corrected chi connectivity index (χ4v) is 3.30. The summed E-state index contributed by atoms with van der Waals surface area (Å²) in [6.07, 6.45) is 1.75. The summed E-state index contributed by atoms with van der Waals surface area (Å²) in [5.74, 6) is -0.162. The summed E-state index contributed by atoms with van der Waals surface area (Å²) in [6.45, 7) is 10.7. The Hall–Kier alpha value is -0.900. The van der Waals surface area contributed by atoms with Crippen molar-refractivity contribution in [1.82, 2.24) is 4.98 Å². The lowest BCUT2D eigenvalue weighted by Crippen LogP contribution is -2.14. The minimum atomic E-state index is -0.742. The minimum Gasteiger partial charge on any atom is -0.481 e. The van der Waals surface area contributed by atoms with Gasteiger partial charge < -0.3 is 5.11 Å². The van der Waals surface area contributed by atoms with E-state index in [1.165, 1.54) is 0 Å². The van der Waals surface area contributed by atoms with Gasteiger partial charge in [-0.3, -0.25) is 4.79 Å². The van der Waals surface area contributed by atoms with Gasteiger partial charge in [0.05, 0.1) is 17.1 Å². The molecule has 0 unspecified atom stereocenters. The molecule has 0 aromatic carbocycles. The van der Waals surface area contributed by atoms with Crippen molar-refractivity contribution in [3.8, 4) is 0 Å². The zero-order valence-electron chi connectivity index (χ0n) is 11.9. The molecule has 0 radical (unpaired) electrons. The number of aliphatic carboxylic acids is 1. The lowest BCUT2D eigenvalue weighted by Gasteiger charge is -2.17. The minimum absolute atomic E-state index is 0.0143. The van der Waals surface area contributed by atoms with Crippen molar-refractivity contribution in [3.05, 3.63) is 15.6 Å². The molecule has 0 bridgehead atoms. The van der Waals surface area contributed by atoms with Crippen LogP contribution >= 0.6 is 11.3 Å². The van der Waals surface area contributed by atoms with Gasteiger partial charge in [0.2, 0.25) is 0 Å². The van der Waals surface area contributed by atoms with Crippen molar-refractivity contribution in [2.24, 2.45) is 5.92 Å². The fraction of sp³-hybridized carbons (Fsp3) is 0.714. The Morgan fingerprint density at radius 2 is 2.00 bits per heavy atom. The summed E-state index contributed by atoms with van der Waals surface area (Å²) in [4.78, 5) is 16.6. The van der Waals surface area contributed by atoms with Crippen LogP contribution in [0.15, 0.2) is 0 Å². The Kier molecular flexibility index (Phi) is 4.91. The Morgan fingerprint density at radius 1 is 1.39 bits per heavy atom. The molecule has 0 saturated carbocycles. The zero-order chi connectivity index (χ0) is 13.9. The van der Waals surface area contributed by atoms with E-state index in [4.69, 9.17) is 10.1 Å². The first kappa shape index (κ1) is 15.2. The largest absolute Gasteiger partial charge is 0.481 e. The molecule has 0 aliphatic rings. The predicted molar refractivity (Wildman–Crippen MR) is 75.3 cm³/mol. The lowest BCUT2D eigenvalue weighted by atomic mass is 9.90. The second-order valence-electron chi connectivity index (χ2n) is 6.12. The highest BCUT2D eigenvalue weighted by molar-refractivity contribution is 7.11. The Bertz CT molecular complexity index is 416. The van der Waals surface area contributed by atoms with Crippen LogP contribution in [0.5, 0.6) is 0 Å². The molecule has 0 aliphatic heterocycles. The zero-order valence-corrected chi connectivity index (χ0v) is 12.7. The third-order valence-corrected chi connectivity index (χ3v) is 3.74. The van der Waals surface area contributed by atoms with E-state index in [1.807, 2.05) is 0 Å². The highest BCUT2D eigenvalue weighted by atomic mass is 32.1. The molecule has 1 rings (SSSR count). The molecular weight excluding hydrogens is 246 g/mol. The molecule has 1 N–H and O–H groups in total. The van der Waals surface area contributed by atoms with Gasteiger partial charge in [-0.15, -0.1) is 11.3 Å². The van der Waals surface area contributed by atoms with Crippen LogP contribution in [0.2, 0.25) is 0 Å². The number of aromatic nitrogens is 1. The summed E-state index contributed by atoms with van der Waals surface area (Å²) < 4.78 is 0. The highest BCUT2D eigenvalue weighted by Crippen LogP contribution is 2.31. The molecule has 0 atom stereocenters. The van der Waals surface area contributed by atoms with Crippen LogP contribution in [0.3, 0.4) is 0 Å². The Balaban J connectivity index is 2.97. The first-order chi connectivity index (χ1) is 8.20. The molecular formula is C14H23NO2S. The van der Waals surface area contributed by atoms with E-state index >= 15 is 0 Å². The van der Waals surface area contributed by atoms with Crippen molar-refractivity contribution >= 4 is 17.3 Å². The summed E-state index contributed by atoms with van der Waals surface area (Å²) >= 11 is 1.68. The second-order valence-corrected chi connectivity index (χ2v) is 7.29. The molecule has 102 valence electrons. The SMILES string of the molecule is CC(C)Cc1nc(C(C)(C)C)c(CCC(=O)O)s1. The molecule has 0 spiro atoms. The maximum atomic E-state index is 10.7. The average molecular weight is 269 g/mol. The molecule has 0 saturated heterocycles. The van der Waals surface area contributed by atoms with Crippen LogP contribution in [-0.4, -0.2) is 16.1 Å². The molecule has 18 heavy (non-hydrogen) atoms. The number of aryl methyl sites for hydroxylation is 1. The van der Waals surface area contributed by atoms with Crippen molar-refractivity contribution in [3.63, 3.8) is 0 Å². The monoisotopic (exact) mass is 269 g/mol. The third kappa shape index (κ3) is 4.41. The number of carboxylic acids is 1. The van der Waals surface area contributed by atoms with Crippen LogP contribution in [0.1, 0.15) is 56.6 Å². The van der Waals surface area contributed by atoms with Gasteiger partial charge in [-0.1, -0.05) is 34.6 Å². The van der Waals surface area contributed by atoms with E-state index < -0.39 is 5.97 Å². The quantitative estimate of drug-likeness (QED) is 0.887. The van der Waals surface area contributed by atoms with Crippen LogP contribution in [-0.2, 0) is 23.1 Å². The van der Waals surface area contributed by atoms with E-state index in [1.54, 1.807) is 11.3 Å². The average Bonchev–Trinajstić information content (AvgIpc) is 2.56. The highest BCUT2D eigenvalue weighted by Gasteiger charge is 2.23. The molecule has 0 fully saturated rings. The molecule has 1 heterocycles. The van der Waals surface area contributed by atoms with E-state index in [0.29, 0.717) is 12.3 Å². The van der Waals surface area contributed by atoms with Crippen molar-refractivity contribution in [2.45, 2.75) is 59.3 Å².